The SMILES string of the molecule is Cn1ccc(CNC(=O)c2cccc3c2OCCN3)c1. The average molecular weight is 271 g/mol. The molecule has 5 heteroatoms. The predicted octanol–water partition coefficient (Wildman–Crippen LogP) is 1.76. The van der Waals surface area contributed by atoms with E-state index in [1.807, 2.05) is 42.2 Å². The van der Waals surface area contributed by atoms with Gasteiger partial charge >= 0.3 is 0 Å². The van der Waals surface area contributed by atoms with E-state index in [1.165, 1.54) is 0 Å². The third kappa shape index (κ3) is 2.47. The summed E-state index contributed by atoms with van der Waals surface area (Å²) in [7, 11) is 1.96. The standard InChI is InChI=1S/C15H17N3O2/c1-18-7-5-11(10-18)9-17-15(19)12-3-2-4-13-14(12)20-8-6-16-13/h2-5,7,10,16H,6,8-9H2,1H3,(H,17,19). The first-order valence-corrected chi connectivity index (χ1v) is 6.63. The fourth-order valence-electron chi connectivity index (χ4n) is 2.29. The van der Waals surface area contributed by atoms with Crippen molar-refractivity contribution in [2.75, 3.05) is 18.5 Å². The number of ether oxygens (including phenoxy) is 1. The number of aromatic nitrogens is 1. The highest BCUT2D eigenvalue weighted by Crippen LogP contribution is 2.31. The van der Waals surface area contributed by atoms with Gasteiger partial charge in [-0.2, -0.15) is 0 Å². The molecule has 0 saturated carbocycles. The highest BCUT2D eigenvalue weighted by molar-refractivity contribution is 5.98. The monoisotopic (exact) mass is 271 g/mol. The van der Waals surface area contributed by atoms with Crippen LogP contribution < -0.4 is 15.4 Å². The number of anilines is 1. The van der Waals surface area contributed by atoms with Gasteiger partial charge in [-0.15, -0.1) is 0 Å². The Labute approximate surface area is 117 Å². The molecule has 0 fully saturated rings. The van der Waals surface area contributed by atoms with Crippen molar-refractivity contribution in [3.63, 3.8) is 0 Å². The Kier molecular flexibility index (Phi) is 3.33. The summed E-state index contributed by atoms with van der Waals surface area (Å²) < 4.78 is 7.56. The van der Waals surface area contributed by atoms with Gasteiger partial charge in [0.25, 0.3) is 5.91 Å². The number of rotatable bonds is 3. The molecule has 20 heavy (non-hydrogen) atoms. The molecule has 0 bridgehead atoms. The van der Waals surface area contributed by atoms with Gasteiger partial charge < -0.3 is 19.9 Å². The smallest absolute Gasteiger partial charge is 0.255 e. The molecule has 0 atom stereocenters. The minimum atomic E-state index is -0.116. The molecule has 0 saturated heterocycles. The van der Waals surface area contributed by atoms with Crippen molar-refractivity contribution < 1.29 is 9.53 Å². The summed E-state index contributed by atoms with van der Waals surface area (Å²) in [5, 5.41) is 6.15. The first-order valence-electron chi connectivity index (χ1n) is 6.63. The van der Waals surface area contributed by atoms with Gasteiger partial charge in [0.15, 0.2) is 5.75 Å². The fraction of sp³-hybridized carbons (Fsp3) is 0.267. The van der Waals surface area contributed by atoms with E-state index < -0.39 is 0 Å². The van der Waals surface area contributed by atoms with Crippen LogP contribution in [-0.2, 0) is 13.6 Å². The van der Waals surface area contributed by atoms with Crippen molar-refractivity contribution in [1.82, 2.24) is 9.88 Å². The topological polar surface area (TPSA) is 55.3 Å². The highest BCUT2D eigenvalue weighted by atomic mass is 16.5. The number of fused-ring (bicyclic) bond motifs is 1. The Morgan fingerprint density at radius 2 is 2.35 bits per heavy atom. The van der Waals surface area contributed by atoms with Crippen LogP contribution in [0.4, 0.5) is 5.69 Å². The zero-order valence-corrected chi connectivity index (χ0v) is 11.3. The van der Waals surface area contributed by atoms with Crippen LogP contribution in [0.1, 0.15) is 15.9 Å². The molecule has 0 aliphatic carbocycles. The van der Waals surface area contributed by atoms with Crippen LogP contribution in [-0.4, -0.2) is 23.6 Å². The maximum Gasteiger partial charge on any atom is 0.255 e. The van der Waals surface area contributed by atoms with Crippen LogP contribution >= 0.6 is 0 Å². The molecule has 1 aromatic heterocycles. The number of hydrogen-bond acceptors (Lipinski definition) is 3. The summed E-state index contributed by atoms with van der Waals surface area (Å²) in [6.07, 6.45) is 3.94. The zero-order valence-electron chi connectivity index (χ0n) is 11.3. The number of hydrogen-bond donors (Lipinski definition) is 2. The molecule has 0 radical (unpaired) electrons. The third-order valence-corrected chi connectivity index (χ3v) is 3.27. The van der Waals surface area contributed by atoms with Crippen molar-refractivity contribution >= 4 is 11.6 Å². The lowest BCUT2D eigenvalue weighted by Gasteiger charge is -2.21. The van der Waals surface area contributed by atoms with Gasteiger partial charge in [-0.1, -0.05) is 6.07 Å². The Hall–Kier alpha value is -2.43. The van der Waals surface area contributed by atoms with Gasteiger partial charge in [-0.25, -0.2) is 0 Å². The Bertz CT molecular complexity index is 634. The predicted molar refractivity (Wildman–Crippen MR) is 77.0 cm³/mol. The molecular formula is C15H17N3O2. The van der Waals surface area contributed by atoms with E-state index in [9.17, 15) is 4.79 Å². The molecule has 3 rings (SSSR count). The van der Waals surface area contributed by atoms with Crippen molar-refractivity contribution in [1.29, 1.82) is 0 Å². The van der Waals surface area contributed by atoms with Crippen LogP contribution in [0.5, 0.6) is 5.75 Å². The number of aryl methyl sites for hydroxylation is 1. The number of carbonyl (C=O) groups excluding carboxylic acids is 1. The van der Waals surface area contributed by atoms with E-state index in [2.05, 4.69) is 10.6 Å². The Morgan fingerprint density at radius 1 is 1.45 bits per heavy atom. The Morgan fingerprint density at radius 3 is 3.15 bits per heavy atom. The third-order valence-electron chi connectivity index (χ3n) is 3.27. The molecule has 104 valence electrons. The number of nitrogens with zero attached hydrogens (tertiary/aromatic N) is 1. The van der Waals surface area contributed by atoms with Crippen LogP contribution in [0.25, 0.3) is 0 Å². The fourth-order valence-corrected chi connectivity index (χ4v) is 2.29. The van der Waals surface area contributed by atoms with Gasteiger partial charge in [-0.05, 0) is 23.8 Å². The normalized spacial score (nSPS) is 13.1. The molecule has 1 aliphatic rings. The minimum absolute atomic E-state index is 0.116. The van der Waals surface area contributed by atoms with E-state index >= 15 is 0 Å². The van der Waals surface area contributed by atoms with Gasteiger partial charge in [0.2, 0.25) is 0 Å². The highest BCUT2D eigenvalue weighted by Gasteiger charge is 2.18. The maximum atomic E-state index is 12.3. The van der Waals surface area contributed by atoms with E-state index in [0.29, 0.717) is 24.5 Å². The van der Waals surface area contributed by atoms with E-state index in [-0.39, 0.29) is 5.91 Å². The largest absolute Gasteiger partial charge is 0.489 e. The Balaban J connectivity index is 1.74. The molecule has 0 spiro atoms. The second kappa shape index (κ2) is 5.28. The van der Waals surface area contributed by atoms with Crippen LogP contribution in [0, 0.1) is 0 Å². The molecule has 5 nitrogen and oxygen atoms in total. The quantitative estimate of drug-likeness (QED) is 0.894. The molecule has 2 aromatic rings. The first-order chi connectivity index (χ1) is 9.74. The molecule has 2 heterocycles. The van der Waals surface area contributed by atoms with E-state index in [4.69, 9.17) is 4.74 Å². The number of nitrogens with one attached hydrogen (secondary N) is 2. The molecule has 1 aliphatic heterocycles. The summed E-state index contributed by atoms with van der Waals surface area (Å²) in [4.78, 5) is 12.3. The van der Waals surface area contributed by atoms with E-state index in [1.54, 1.807) is 6.07 Å². The summed E-state index contributed by atoms with van der Waals surface area (Å²) in [5.74, 6) is 0.527. The maximum absolute atomic E-state index is 12.3. The summed E-state index contributed by atoms with van der Waals surface area (Å²) >= 11 is 0. The van der Waals surface area contributed by atoms with E-state index in [0.717, 1.165) is 17.8 Å². The lowest BCUT2D eigenvalue weighted by atomic mass is 10.1. The molecular weight excluding hydrogens is 254 g/mol. The molecule has 1 aromatic carbocycles. The van der Waals surface area contributed by atoms with Crippen molar-refractivity contribution in [3.05, 3.63) is 47.8 Å². The lowest BCUT2D eigenvalue weighted by Crippen LogP contribution is -2.26. The second-order valence-electron chi connectivity index (χ2n) is 4.83. The van der Waals surface area contributed by atoms with Crippen LogP contribution in [0.2, 0.25) is 0 Å². The van der Waals surface area contributed by atoms with Gasteiger partial charge in [0.05, 0.1) is 11.3 Å². The molecule has 1 amide bonds. The number of para-hydroxylation sites is 1. The van der Waals surface area contributed by atoms with Gasteiger partial charge in [-0.3, -0.25) is 4.79 Å². The number of carbonyl (C=O) groups is 1. The summed E-state index contributed by atoms with van der Waals surface area (Å²) in [6.45, 7) is 1.86. The number of benzene rings is 1. The minimum Gasteiger partial charge on any atom is -0.489 e. The van der Waals surface area contributed by atoms with Crippen molar-refractivity contribution in [2.24, 2.45) is 7.05 Å². The molecule has 2 N–H and O–H groups in total. The van der Waals surface area contributed by atoms with Gasteiger partial charge in [0, 0.05) is 32.5 Å². The number of amides is 1. The van der Waals surface area contributed by atoms with Crippen LogP contribution in [0.3, 0.4) is 0 Å². The molecule has 0 unspecified atom stereocenters. The lowest BCUT2D eigenvalue weighted by molar-refractivity contribution is 0.0947. The van der Waals surface area contributed by atoms with Crippen LogP contribution in [0.15, 0.2) is 36.7 Å². The first kappa shape index (κ1) is 12.6. The van der Waals surface area contributed by atoms with Crippen molar-refractivity contribution in [2.45, 2.75) is 6.54 Å². The second-order valence-corrected chi connectivity index (χ2v) is 4.83. The average Bonchev–Trinajstić information content (AvgIpc) is 2.90. The zero-order chi connectivity index (χ0) is 13.9. The van der Waals surface area contributed by atoms with Gasteiger partial charge in [0.1, 0.15) is 6.61 Å². The summed E-state index contributed by atoms with van der Waals surface area (Å²) in [5.41, 5.74) is 2.53. The summed E-state index contributed by atoms with van der Waals surface area (Å²) in [6, 6.07) is 7.55. The van der Waals surface area contributed by atoms with Crippen molar-refractivity contribution in [3.8, 4) is 5.75 Å².